The van der Waals surface area contributed by atoms with E-state index in [1.807, 2.05) is 19.9 Å². The molecule has 0 aliphatic carbocycles. The summed E-state index contributed by atoms with van der Waals surface area (Å²) in [6.07, 6.45) is 0. The van der Waals surface area contributed by atoms with E-state index in [0.29, 0.717) is 5.56 Å². The van der Waals surface area contributed by atoms with Gasteiger partial charge in [0.25, 0.3) is 0 Å². The van der Waals surface area contributed by atoms with Crippen LogP contribution in [0.15, 0.2) is 42.5 Å². The fourth-order valence-corrected chi connectivity index (χ4v) is 2.24. The Morgan fingerprint density at radius 3 is 2.25 bits per heavy atom. The highest BCUT2D eigenvalue weighted by atomic mass is 16.3. The van der Waals surface area contributed by atoms with E-state index in [0.717, 1.165) is 5.56 Å². The zero-order chi connectivity index (χ0) is 14.7. The van der Waals surface area contributed by atoms with Crippen LogP contribution in [0.2, 0.25) is 0 Å². The molecule has 0 saturated heterocycles. The van der Waals surface area contributed by atoms with Gasteiger partial charge in [0.2, 0.25) is 0 Å². The van der Waals surface area contributed by atoms with Gasteiger partial charge in [0, 0.05) is 17.6 Å². The van der Waals surface area contributed by atoms with Crippen LogP contribution in [0.3, 0.4) is 0 Å². The highest BCUT2D eigenvalue weighted by Crippen LogP contribution is 2.29. The largest absolute Gasteiger partial charge is 0.508 e. The number of phenolic OH excluding ortho intramolecular Hbond substituents is 3. The van der Waals surface area contributed by atoms with Gasteiger partial charge in [-0.05, 0) is 49.7 Å². The highest BCUT2D eigenvalue weighted by Gasteiger charge is 2.15. The predicted octanol–water partition coefficient (Wildman–Crippen LogP) is 3.22. The average Bonchev–Trinajstić information content (AvgIpc) is 2.41. The zero-order valence-electron chi connectivity index (χ0n) is 11.5. The minimum atomic E-state index is -0.139. The molecule has 0 aliphatic rings. The van der Waals surface area contributed by atoms with E-state index in [-0.39, 0.29) is 29.3 Å². The summed E-state index contributed by atoms with van der Waals surface area (Å²) < 4.78 is 0. The van der Waals surface area contributed by atoms with Crippen molar-refractivity contribution in [2.24, 2.45) is 0 Å². The molecule has 4 heteroatoms. The number of hydrogen-bond donors (Lipinski definition) is 4. The molecule has 0 heterocycles. The van der Waals surface area contributed by atoms with Crippen molar-refractivity contribution in [3.05, 3.63) is 53.6 Å². The van der Waals surface area contributed by atoms with Crippen LogP contribution >= 0.6 is 0 Å². The monoisotopic (exact) mass is 273 g/mol. The maximum absolute atomic E-state index is 9.84. The van der Waals surface area contributed by atoms with Gasteiger partial charge in [0.05, 0.1) is 0 Å². The Balaban J connectivity index is 2.15. The number of aromatic hydroxyl groups is 3. The molecule has 0 saturated carbocycles. The number of benzene rings is 2. The lowest BCUT2D eigenvalue weighted by Gasteiger charge is -2.21. The fraction of sp³-hybridized carbons (Fsp3) is 0.250. The van der Waals surface area contributed by atoms with Crippen LogP contribution in [0.4, 0.5) is 0 Å². The van der Waals surface area contributed by atoms with Crippen molar-refractivity contribution in [2.45, 2.75) is 25.9 Å². The van der Waals surface area contributed by atoms with E-state index in [4.69, 9.17) is 0 Å². The minimum absolute atomic E-state index is 0.00107. The summed E-state index contributed by atoms with van der Waals surface area (Å²) in [5.41, 5.74) is 1.59. The fourth-order valence-electron chi connectivity index (χ4n) is 2.24. The molecular weight excluding hydrogens is 254 g/mol. The van der Waals surface area contributed by atoms with Gasteiger partial charge < -0.3 is 20.6 Å². The second kappa shape index (κ2) is 5.84. The Morgan fingerprint density at radius 2 is 1.55 bits per heavy atom. The van der Waals surface area contributed by atoms with Crippen LogP contribution < -0.4 is 5.32 Å². The van der Waals surface area contributed by atoms with Crippen molar-refractivity contribution in [3.8, 4) is 17.2 Å². The molecule has 0 spiro atoms. The van der Waals surface area contributed by atoms with Gasteiger partial charge in [-0.1, -0.05) is 12.1 Å². The first kappa shape index (κ1) is 14.2. The molecule has 20 heavy (non-hydrogen) atoms. The van der Waals surface area contributed by atoms with Crippen molar-refractivity contribution in [1.29, 1.82) is 0 Å². The molecule has 2 rings (SSSR count). The SMILES string of the molecule is CC(NC(C)c1cc(O)ccc1O)c1cccc(O)c1. The number of nitrogens with one attached hydrogen (secondary N) is 1. The molecule has 2 atom stereocenters. The third-order valence-electron chi connectivity index (χ3n) is 3.35. The van der Waals surface area contributed by atoms with Gasteiger partial charge in [-0.15, -0.1) is 0 Å². The third-order valence-corrected chi connectivity index (χ3v) is 3.35. The standard InChI is InChI=1S/C16H19NO3/c1-10(12-4-3-5-13(18)8-12)17-11(2)15-9-14(19)6-7-16(15)20/h3-11,17-20H,1-2H3. The van der Waals surface area contributed by atoms with Gasteiger partial charge >= 0.3 is 0 Å². The third kappa shape index (κ3) is 3.22. The molecule has 0 aliphatic heterocycles. The lowest BCUT2D eigenvalue weighted by molar-refractivity contribution is 0.428. The lowest BCUT2D eigenvalue weighted by atomic mass is 10.0. The maximum atomic E-state index is 9.84. The summed E-state index contributed by atoms with van der Waals surface area (Å²) in [5.74, 6) is 0.492. The van der Waals surface area contributed by atoms with E-state index in [9.17, 15) is 15.3 Å². The van der Waals surface area contributed by atoms with Gasteiger partial charge in [-0.25, -0.2) is 0 Å². The van der Waals surface area contributed by atoms with Crippen LogP contribution in [0.5, 0.6) is 17.2 Å². The van der Waals surface area contributed by atoms with E-state index >= 15 is 0 Å². The Kier molecular flexibility index (Phi) is 4.15. The maximum Gasteiger partial charge on any atom is 0.120 e. The Morgan fingerprint density at radius 1 is 0.850 bits per heavy atom. The smallest absolute Gasteiger partial charge is 0.120 e. The molecule has 4 nitrogen and oxygen atoms in total. The first-order valence-electron chi connectivity index (χ1n) is 6.54. The molecule has 0 amide bonds. The van der Waals surface area contributed by atoms with Crippen molar-refractivity contribution in [3.63, 3.8) is 0 Å². The van der Waals surface area contributed by atoms with Crippen LogP contribution in [0.25, 0.3) is 0 Å². The molecule has 0 radical (unpaired) electrons. The molecule has 0 aromatic heterocycles. The molecular formula is C16H19NO3. The molecule has 2 aromatic carbocycles. The normalized spacial score (nSPS) is 13.9. The van der Waals surface area contributed by atoms with Gasteiger partial charge in [0.1, 0.15) is 17.2 Å². The summed E-state index contributed by atoms with van der Waals surface area (Å²) in [5, 5.41) is 32.2. The first-order valence-corrected chi connectivity index (χ1v) is 6.54. The zero-order valence-corrected chi connectivity index (χ0v) is 11.5. The van der Waals surface area contributed by atoms with Crippen molar-refractivity contribution in [1.82, 2.24) is 5.32 Å². The predicted molar refractivity (Wildman–Crippen MR) is 77.8 cm³/mol. The second-order valence-corrected chi connectivity index (χ2v) is 4.95. The van der Waals surface area contributed by atoms with Gasteiger partial charge in [0.15, 0.2) is 0 Å². The highest BCUT2D eigenvalue weighted by molar-refractivity contribution is 5.40. The molecule has 106 valence electrons. The minimum Gasteiger partial charge on any atom is -0.508 e. The Labute approximate surface area is 118 Å². The molecule has 2 aromatic rings. The topological polar surface area (TPSA) is 72.7 Å². The van der Waals surface area contributed by atoms with Crippen LogP contribution in [-0.4, -0.2) is 15.3 Å². The van der Waals surface area contributed by atoms with Crippen LogP contribution in [0.1, 0.15) is 37.1 Å². The molecule has 4 N–H and O–H groups in total. The summed E-state index contributed by atoms with van der Waals surface area (Å²) in [6.45, 7) is 3.89. The lowest BCUT2D eigenvalue weighted by Crippen LogP contribution is -2.22. The molecule has 2 unspecified atom stereocenters. The van der Waals surface area contributed by atoms with E-state index < -0.39 is 0 Å². The van der Waals surface area contributed by atoms with E-state index in [1.165, 1.54) is 12.1 Å². The van der Waals surface area contributed by atoms with Crippen molar-refractivity contribution in [2.75, 3.05) is 0 Å². The number of phenols is 3. The average molecular weight is 273 g/mol. The summed E-state index contributed by atoms with van der Waals surface area (Å²) in [6, 6.07) is 11.4. The van der Waals surface area contributed by atoms with E-state index in [2.05, 4.69) is 5.32 Å². The van der Waals surface area contributed by atoms with Crippen molar-refractivity contribution >= 4 is 0 Å². The second-order valence-electron chi connectivity index (χ2n) is 4.95. The van der Waals surface area contributed by atoms with E-state index in [1.54, 1.807) is 24.3 Å². The summed E-state index contributed by atoms with van der Waals surface area (Å²) >= 11 is 0. The Bertz CT molecular complexity index is 598. The van der Waals surface area contributed by atoms with Crippen LogP contribution in [-0.2, 0) is 0 Å². The molecule has 0 fully saturated rings. The van der Waals surface area contributed by atoms with Gasteiger partial charge in [-0.3, -0.25) is 0 Å². The number of rotatable bonds is 4. The Hall–Kier alpha value is -2.20. The molecule has 0 bridgehead atoms. The quantitative estimate of drug-likeness (QED) is 0.645. The number of hydrogen-bond acceptors (Lipinski definition) is 4. The first-order chi connectivity index (χ1) is 9.47. The van der Waals surface area contributed by atoms with Crippen LogP contribution in [0, 0.1) is 0 Å². The van der Waals surface area contributed by atoms with Gasteiger partial charge in [-0.2, -0.15) is 0 Å². The van der Waals surface area contributed by atoms with Crippen molar-refractivity contribution < 1.29 is 15.3 Å². The summed E-state index contributed by atoms with van der Waals surface area (Å²) in [7, 11) is 0. The summed E-state index contributed by atoms with van der Waals surface area (Å²) in [4.78, 5) is 0.